The number of nitrogens with one attached hydrogen (secondary N) is 2. The number of thiazole rings is 1. The first-order valence-corrected chi connectivity index (χ1v) is 22.6. The lowest BCUT2D eigenvalue weighted by Crippen LogP contribution is -2.47. The Morgan fingerprint density at radius 2 is 1.26 bits per heavy atom. The molecule has 318 valence electrons. The molecule has 13 nitrogen and oxygen atoms in total. The predicted octanol–water partition coefficient (Wildman–Crippen LogP) is 8.84. The molecule has 6 heterocycles. The van der Waals surface area contributed by atoms with Gasteiger partial charge in [0.05, 0.1) is 52.9 Å². The number of hydrogen-bond acceptors (Lipinski definition) is 12. The number of aromatic nitrogens is 2. The summed E-state index contributed by atoms with van der Waals surface area (Å²) in [7, 11) is 3.21. The molecule has 0 saturated carbocycles. The number of hydrogen-bond donors (Lipinski definition) is 2. The van der Waals surface area contributed by atoms with Crippen LogP contribution in [0.25, 0.3) is 10.2 Å². The van der Waals surface area contributed by atoms with E-state index in [2.05, 4.69) is 20.8 Å². The number of nitrogens with zero attached hydrogens (tertiary/aromatic N) is 4. The first-order valence-electron chi connectivity index (χ1n) is 19.9. The van der Waals surface area contributed by atoms with Crippen LogP contribution in [-0.4, -0.2) is 84.1 Å². The average Bonchev–Trinajstić information content (AvgIpc) is 4.14. The molecule has 62 heavy (non-hydrogen) atoms. The summed E-state index contributed by atoms with van der Waals surface area (Å²) in [5.74, 6) is -1.10. The summed E-state index contributed by atoms with van der Waals surface area (Å²) in [6, 6.07) is 27.4. The maximum Gasteiger partial charge on any atom is 0.254 e. The highest BCUT2D eigenvalue weighted by atomic mass is 32.1. The molecule has 4 unspecified atom stereocenters. The molecule has 0 radical (unpaired) electrons. The lowest BCUT2D eigenvalue weighted by Gasteiger charge is -2.41. The van der Waals surface area contributed by atoms with E-state index < -0.39 is 23.9 Å². The molecule has 9 rings (SSSR count). The van der Waals surface area contributed by atoms with Crippen molar-refractivity contribution in [1.29, 1.82) is 0 Å². The summed E-state index contributed by atoms with van der Waals surface area (Å²) in [5.41, 5.74) is 7.18. The quantitative estimate of drug-likeness (QED) is 0.122. The van der Waals surface area contributed by atoms with Crippen molar-refractivity contribution in [1.82, 2.24) is 19.9 Å². The molecule has 0 fully saturated rings. The lowest BCUT2D eigenvalue weighted by molar-refractivity contribution is -0.120. The van der Waals surface area contributed by atoms with Crippen LogP contribution in [0.5, 0.6) is 0 Å². The number of amides is 4. The number of rotatable bonds is 12. The van der Waals surface area contributed by atoms with E-state index in [9.17, 15) is 19.2 Å². The van der Waals surface area contributed by atoms with Gasteiger partial charge < -0.3 is 34.4 Å². The van der Waals surface area contributed by atoms with Crippen LogP contribution in [0.2, 0.25) is 0 Å². The van der Waals surface area contributed by atoms with Crippen molar-refractivity contribution in [2.24, 2.45) is 0 Å². The van der Waals surface area contributed by atoms with Crippen molar-refractivity contribution in [3.05, 3.63) is 151 Å². The van der Waals surface area contributed by atoms with E-state index in [4.69, 9.17) is 14.0 Å². The van der Waals surface area contributed by atoms with Crippen LogP contribution in [0, 0.1) is 13.8 Å². The van der Waals surface area contributed by atoms with Crippen molar-refractivity contribution in [3.8, 4) is 0 Å². The monoisotopic (exact) mass is 888 g/mol. The topological polar surface area (TPSA) is 156 Å². The minimum absolute atomic E-state index is 0.0776. The first-order chi connectivity index (χ1) is 30.2. The van der Waals surface area contributed by atoms with Crippen molar-refractivity contribution in [2.75, 3.05) is 51.2 Å². The number of ether oxygens (including phenoxy) is 2. The molecule has 0 aliphatic carbocycles. The highest BCUT2D eigenvalue weighted by Gasteiger charge is 2.46. The highest BCUT2D eigenvalue weighted by molar-refractivity contribution is 7.16. The minimum atomic E-state index is -0.580. The van der Waals surface area contributed by atoms with Crippen LogP contribution in [0.3, 0.4) is 0 Å². The molecule has 0 saturated heterocycles. The van der Waals surface area contributed by atoms with Gasteiger partial charge in [-0.25, -0.2) is 4.98 Å². The summed E-state index contributed by atoms with van der Waals surface area (Å²) in [6.45, 7) is 5.12. The molecule has 0 bridgehead atoms. The molecule has 0 spiro atoms. The third-order valence-corrected chi connectivity index (χ3v) is 13.7. The first kappa shape index (κ1) is 42.6. The fourth-order valence-electron chi connectivity index (χ4n) is 8.19. The zero-order chi connectivity index (χ0) is 43.3. The molecule has 3 aromatic carbocycles. The van der Waals surface area contributed by atoms with Crippen LogP contribution in [0.4, 0.5) is 11.4 Å². The van der Waals surface area contributed by atoms with E-state index in [1.807, 2.05) is 89.6 Å². The van der Waals surface area contributed by atoms with E-state index in [1.165, 1.54) is 22.7 Å². The number of benzene rings is 3. The predicted molar refractivity (Wildman–Crippen MR) is 241 cm³/mol. The molecule has 16 heteroatoms. The summed E-state index contributed by atoms with van der Waals surface area (Å²) in [6.07, 6.45) is 0. The molecule has 4 amide bonds. The van der Waals surface area contributed by atoms with Crippen LogP contribution in [-0.2, 0) is 19.1 Å². The van der Waals surface area contributed by atoms with E-state index in [-0.39, 0.29) is 23.6 Å². The lowest BCUT2D eigenvalue weighted by atomic mass is 9.81. The molecule has 7 aromatic rings. The molecular formula is C46H44N6O7S3. The van der Waals surface area contributed by atoms with Gasteiger partial charge >= 0.3 is 0 Å². The van der Waals surface area contributed by atoms with Gasteiger partial charge in [-0.05, 0) is 78.2 Å². The van der Waals surface area contributed by atoms with Gasteiger partial charge in [-0.2, -0.15) is 0 Å². The number of carbonyl (C=O) groups excluding carboxylic acids is 4. The van der Waals surface area contributed by atoms with E-state index in [0.717, 1.165) is 36.8 Å². The Kier molecular flexibility index (Phi) is 13.0. The number of anilines is 2. The number of aryl methyl sites for hydroxylation is 2. The molecule has 2 N–H and O–H groups in total. The Hall–Kier alpha value is -6.04. The Bertz CT molecular complexity index is 2680. The van der Waals surface area contributed by atoms with Gasteiger partial charge in [0.25, 0.3) is 11.8 Å². The van der Waals surface area contributed by atoms with Gasteiger partial charge in [-0.3, -0.25) is 19.2 Å². The summed E-state index contributed by atoms with van der Waals surface area (Å²) >= 11 is 4.62. The third-order valence-electron chi connectivity index (χ3n) is 11.1. The fraction of sp³-hybridized carbons (Fsp3) is 0.261. The van der Waals surface area contributed by atoms with Crippen LogP contribution in [0.1, 0.15) is 77.0 Å². The van der Waals surface area contributed by atoms with Crippen molar-refractivity contribution >= 4 is 79.2 Å². The smallest absolute Gasteiger partial charge is 0.254 e. The Morgan fingerprint density at radius 1 is 0.710 bits per heavy atom. The highest BCUT2D eigenvalue weighted by Crippen LogP contribution is 2.46. The van der Waals surface area contributed by atoms with Gasteiger partial charge in [0, 0.05) is 53.9 Å². The largest absolute Gasteiger partial charge is 0.383 e. The van der Waals surface area contributed by atoms with Gasteiger partial charge in [0.2, 0.25) is 11.8 Å². The van der Waals surface area contributed by atoms with Crippen LogP contribution >= 0.6 is 34.0 Å². The molecule has 4 aromatic heterocycles. The number of fused-ring (bicyclic) bond motifs is 3. The molecule has 4 atom stereocenters. The van der Waals surface area contributed by atoms with E-state index in [1.54, 1.807) is 66.8 Å². The van der Waals surface area contributed by atoms with Crippen molar-refractivity contribution < 1.29 is 33.2 Å². The number of thiophene rings is 2. The van der Waals surface area contributed by atoms with Crippen molar-refractivity contribution in [3.63, 3.8) is 0 Å². The SMILES string of the molecule is COCCN1C(=O)c2ccccc2C(C(=O)Nc2c(C)noc2C)C1c1cccs1.COCCN1C(=O)c2ccccc2C(C(=O)Nc2ccc3ncsc3c2)C1c1cccs1. The number of methoxy groups -OCH3 is 2. The summed E-state index contributed by atoms with van der Waals surface area (Å²) in [5, 5.41) is 13.9. The maximum absolute atomic E-state index is 13.7. The van der Waals surface area contributed by atoms with Gasteiger partial charge in [-0.1, -0.05) is 53.7 Å². The Balaban J connectivity index is 0.000000171. The minimum Gasteiger partial charge on any atom is -0.383 e. The number of carbonyl (C=O) groups is 4. The summed E-state index contributed by atoms with van der Waals surface area (Å²) in [4.78, 5) is 63.9. The maximum atomic E-state index is 13.7. The molecule has 2 aliphatic heterocycles. The second kappa shape index (κ2) is 18.9. The Morgan fingerprint density at radius 3 is 1.76 bits per heavy atom. The fourth-order valence-corrected chi connectivity index (χ4v) is 10.7. The van der Waals surface area contributed by atoms with Gasteiger partial charge in [-0.15, -0.1) is 34.0 Å². The van der Waals surface area contributed by atoms with Crippen molar-refractivity contribution in [2.45, 2.75) is 37.8 Å². The Labute approximate surface area is 370 Å². The van der Waals surface area contributed by atoms with E-state index in [0.29, 0.717) is 54.6 Å². The van der Waals surface area contributed by atoms with E-state index >= 15 is 0 Å². The molecular weight excluding hydrogens is 845 g/mol. The zero-order valence-corrected chi connectivity index (χ0v) is 36.9. The van der Waals surface area contributed by atoms with Gasteiger partial charge in [0.15, 0.2) is 5.76 Å². The van der Waals surface area contributed by atoms with Crippen LogP contribution < -0.4 is 10.6 Å². The normalized spacial score (nSPS) is 18.2. The molecule has 2 aliphatic rings. The average molecular weight is 889 g/mol. The second-order valence-corrected chi connectivity index (χ2v) is 17.6. The summed E-state index contributed by atoms with van der Waals surface area (Å²) < 4.78 is 16.7. The zero-order valence-electron chi connectivity index (χ0n) is 34.4. The van der Waals surface area contributed by atoms with Gasteiger partial charge in [0.1, 0.15) is 11.4 Å². The standard InChI is InChI=1S/C24H21N3O3S2.C22H23N3O4S/c1-30-11-10-27-22(19-7-4-12-31-19)21(16-5-2-3-6-17(16)24(27)29)23(28)26-15-8-9-18-20(13-15)32-14-25-18;1-13-19(14(2)29-24-13)23-21(26)18-15-7-4-5-8-16(15)22(27)25(10-11-28-3)20(18)17-9-6-12-30-17/h2-9,12-14,21-22H,10-11H2,1H3,(H,26,28);4-9,12,18,20H,10-11H2,1-3H3,(H,23,26). The second-order valence-electron chi connectivity index (χ2n) is 14.7. The third kappa shape index (κ3) is 8.43. The van der Waals surface area contributed by atoms with Crippen LogP contribution in [0.15, 0.2) is 112 Å².